The maximum absolute atomic E-state index is 13.1. The first-order valence-electron chi connectivity index (χ1n) is 9.25. The SMILES string of the molecule is COc1cc(C(=O)O)c(NS(=O)(=O)c2cccc(S(=O)(=O)NC3CC3)c2)c(OC)c1OC. The van der Waals surface area contributed by atoms with Crippen molar-refractivity contribution in [1.82, 2.24) is 4.72 Å². The summed E-state index contributed by atoms with van der Waals surface area (Å²) in [6.45, 7) is 0. The number of carboxylic acids is 1. The van der Waals surface area contributed by atoms with Crippen molar-refractivity contribution < 1.29 is 40.9 Å². The first-order valence-corrected chi connectivity index (χ1v) is 12.2. The molecule has 3 N–H and O–H groups in total. The number of aromatic carboxylic acids is 1. The molecule has 13 heteroatoms. The summed E-state index contributed by atoms with van der Waals surface area (Å²) in [5.74, 6) is -1.68. The minimum atomic E-state index is -4.42. The molecular weight excluding hydrogens is 464 g/mol. The Morgan fingerprint density at radius 1 is 0.938 bits per heavy atom. The first kappa shape index (κ1) is 23.6. The average molecular weight is 487 g/mol. The highest BCUT2D eigenvalue weighted by atomic mass is 32.2. The van der Waals surface area contributed by atoms with Crippen molar-refractivity contribution in [2.24, 2.45) is 0 Å². The van der Waals surface area contributed by atoms with Gasteiger partial charge in [0.05, 0.1) is 36.7 Å². The third kappa shape index (κ3) is 4.74. The van der Waals surface area contributed by atoms with Crippen LogP contribution in [0.2, 0.25) is 0 Å². The van der Waals surface area contributed by atoms with Gasteiger partial charge in [-0.1, -0.05) is 6.07 Å². The molecule has 2 aromatic carbocycles. The Bertz CT molecular complexity index is 1250. The quantitative estimate of drug-likeness (QED) is 0.454. The zero-order chi connectivity index (χ0) is 23.7. The molecule has 0 bridgehead atoms. The summed E-state index contributed by atoms with van der Waals surface area (Å²) < 4.78 is 71.2. The molecule has 1 aliphatic carbocycles. The lowest BCUT2D eigenvalue weighted by Crippen LogP contribution is -2.26. The second-order valence-corrected chi connectivity index (χ2v) is 10.2. The van der Waals surface area contributed by atoms with Crippen LogP contribution in [0.4, 0.5) is 5.69 Å². The minimum absolute atomic E-state index is 0.0175. The molecule has 0 spiro atoms. The molecule has 2 aromatic rings. The van der Waals surface area contributed by atoms with E-state index in [0.717, 1.165) is 25.0 Å². The van der Waals surface area contributed by atoms with E-state index in [1.807, 2.05) is 0 Å². The van der Waals surface area contributed by atoms with E-state index >= 15 is 0 Å². The van der Waals surface area contributed by atoms with E-state index in [9.17, 15) is 26.7 Å². The van der Waals surface area contributed by atoms with Crippen molar-refractivity contribution in [3.8, 4) is 17.2 Å². The zero-order valence-electron chi connectivity index (χ0n) is 17.4. The molecule has 1 saturated carbocycles. The van der Waals surface area contributed by atoms with Crippen molar-refractivity contribution in [3.05, 3.63) is 35.9 Å². The van der Waals surface area contributed by atoms with Gasteiger partial charge in [-0.3, -0.25) is 4.72 Å². The van der Waals surface area contributed by atoms with Gasteiger partial charge in [0.15, 0.2) is 11.5 Å². The van der Waals surface area contributed by atoms with Crippen LogP contribution < -0.4 is 23.7 Å². The van der Waals surface area contributed by atoms with Crippen LogP contribution in [-0.4, -0.2) is 55.3 Å². The number of nitrogens with one attached hydrogen (secondary N) is 2. The number of methoxy groups -OCH3 is 3. The van der Waals surface area contributed by atoms with Crippen molar-refractivity contribution in [1.29, 1.82) is 0 Å². The first-order chi connectivity index (χ1) is 15.0. The van der Waals surface area contributed by atoms with Gasteiger partial charge in [0.2, 0.25) is 15.8 Å². The lowest BCUT2D eigenvalue weighted by molar-refractivity contribution is 0.0697. The molecular formula is C19H22N2O9S2. The molecule has 1 fully saturated rings. The number of carboxylic acid groups (broad SMARTS) is 1. The molecule has 0 radical (unpaired) electrons. The number of hydrogen-bond donors (Lipinski definition) is 3. The number of ether oxygens (including phenoxy) is 3. The van der Waals surface area contributed by atoms with Gasteiger partial charge in [0.25, 0.3) is 10.0 Å². The Morgan fingerprint density at radius 3 is 2.03 bits per heavy atom. The van der Waals surface area contributed by atoms with Crippen LogP contribution in [0.1, 0.15) is 23.2 Å². The maximum Gasteiger partial charge on any atom is 0.338 e. The zero-order valence-corrected chi connectivity index (χ0v) is 19.0. The van der Waals surface area contributed by atoms with Crippen LogP contribution in [0.5, 0.6) is 17.2 Å². The van der Waals surface area contributed by atoms with Crippen LogP contribution in [0.15, 0.2) is 40.1 Å². The molecule has 174 valence electrons. The predicted octanol–water partition coefficient (Wildman–Crippen LogP) is 1.65. The highest BCUT2D eigenvalue weighted by Gasteiger charge is 2.30. The molecule has 1 aliphatic rings. The van der Waals surface area contributed by atoms with Crippen molar-refractivity contribution in [2.75, 3.05) is 26.1 Å². The number of carbonyl (C=O) groups is 1. The van der Waals surface area contributed by atoms with E-state index in [-0.39, 0.29) is 33.1 Å². The van der Waals surface area contributed by atoms with Gasteiger partial charge in [0.1, 0.15) is 5.69 Å². The van der Waals surface area contributed by atoms with Crippen LogP contribution in [-0.2, 0) is 20.0 Å². The molecule has 0 amide bonds. The van der Waals surface area contributed by atoms with Crippen LogP contribution in [0.3, 0.4) is 0 Å². The minimum Gasteiger partial charge on any atom is -0.493 e. The van der Waals surface area contributed by atoms with E-state index in [1.165, 1.54) is 39.5 Å². The Morgan fingerprint density at radius 2 is 1.53 bits per heavy atom. The van der Waals surface area contributed by atoms with Gasteiger partial charge in [-0.15, -0.1) is 0 Å². The van der Waals surface area contributed by atoms with Gasteiger partial charge >= 0.3 is 5.97 Å². The molecule has 0 unspecified atom stereocenters. The summed E-state index contributed by atoms with van der Waals surface area (Å²) in [4.78, 5) is 11.2. The fourth-order valence-electron chi connectivity index (χ4n) is 2.92. The van der Waals surface area contributed by atoms with E-state index < -0.39 is 37.3 Å². The van der Waals surface area contributed by atoms with Gasteiger partial charge in [-0.2, -0.15) is 0 Å². The Labute approximate surface area is 185 Å². The highest BCUT2D eigenvalue weighted by Crippen LogP contribution is 2.46. The van der Waals surface area contributed by atoms with E-state index in [1.54, 1.807) is 0 Å². The molecule has 0 aromatic heterocycles. The summed E-state index contributed by atoms with van der Waals surface area (Å²) >= 11 is 0. The number of anilines is 1. The summed E-state index contributed by atoms with van der Waals surface area (Å²) in [5, 5.41) is 9.60. The van der Waals surface area contributed by atoms with Gasteiger partial charge in [-0.25, -0.2) is 26.4 Å². The highest BCUT2D eigenvalue weighted by molar-refractivity contribution is 7.93. The van der Waals surface area contributed by atoms with E-state index in [0.29, 0.717) is 0 Å². The Kier molecular flexibility index (Phi) is 6.53. The predicted molar refractivity (Wildman–Crippen MR) is 114 cm³/mol. The molecule has 32 heavy (non-hydrogen) atoms. The fraction of sp³-hybridized carbons (Fsp3) is 0.316. The van der Waals surface area contributed by atoms with Gasteiger partial charge < -0.3 is 19.3 Å². The smallest absolute Gasteiger partial charge is 0.338 e. The monoisotopic (exact) mass is 486 g/mol. The summed E-state index contributed by atoms with van der Waals surface area (Å²) in [6, 6.07) is 5.64. The molecule has 0 aliphatic heterocycles. The fourth-order valence-corrected chi connectivity index (χ4v) is 5.47. The molecule has 0 saturated heterocycles. The van der Waals surface area contributed by atoms with Crippen LogP contribution >= 0.6 is 0 Å². The van der Waals surface area contributed by atoms with Crippen molar-refractivity contribution in [2.45, 2.75) is 28.7 Å². The van der Waals surface area contributed by atoms with Crippen LogP contribution in [0, 0.1) is 0 Å². The Hall–Kier alpha value is -3.03. The third-order valence-electron chi connectivity index (χ3n) is 4.62. The maximum atomic E-state index is 13.1. The van der Waals surface area contributed by atoms with Gasteiger partial charge in [0, 0.05) is 12.1 Å². The second kappa shape index (κ2) is 8.84. The summed E-state index contributed by atoms with van der Waals surface area (Å²) in [7, 11) is -4.56. The number of rotatable bonds is 10. The molecule has 0 atom stereocenters. The number of sulfonamides is 2. The van der Waals surface area contributed by atoms with Crippen molar-refractivity contribution >= 4 is 31.7 Å². The van der Waals surface area contributed by atoms with Crippen molar-refractivity contribution in [3.63, 3.8) is 0 Å². The van der Waals surface area contributed by atoms with E-state index in [4.69, 9.17) is 14.2 Å². The Balaban J connectivity index is 2.08. The summed E-state index contributed by atoms with van der Waals surface area (Å²) in [5.41, 5.74) is -0.857. The number of benzene rings is 2. The molecule has 3 rings (SSSR count). The van der Waals surface area contributed by atoms with E-state index in [2.05, 4.69) is 9.44 Å². The lowest BCUT2D eigenvalue weighted by atomic mass is 10.1. The summed E-state index contributed by atoms with van der Waals surface area (Å²) in [6.07, 6.45) is 1.44. The third-order valence-corrected chi connectivity index (χ3v) is 7.49. The lowest BCUT2D eigenvalue weighted by Gasteiger charge is -2.19. The van der Waals surface area contributed by atoms with Crippen LogP contribution in [0.25, 0.3) is 0 Å². The molecule has 0 heterocycles. The van der Waals surface area contributed by atoms with Gasteiger partial charge in [-0.05, 0) is 31.0 Å². The topological polar surface area (TPSA) is 157 Å². The standard InChI is InChI=1S/C19H22N2O9S2/c1-28-15-10-14(19(22)23)16(18(30-3)17(15)29-2)21-32(26,27)13-6-4-5-12(9-13)31(24,25)20-11-7-8-11/h4-6,9-11,20-21H,7-8H2,1-3H3,(H,22,23). The second-order valence-electron chi connectivity index (χ2n) is 6.85. The number of hydrogen-bond acceptors (Lipinski definition) is 8. The normalized spacial score (nSPS) is 14.0. The largest absolute Gasteiger partial charge is 0.493 e. The molecule has 11 nitrogen and oxygen atoms in total. The average Bonchev–Trinajstić information content (AvgIpc) is 3.56.